The van der Waals surface area contributed by atoms with E-state index < -0.39 is 0 Å². The Hall–Kier alpha value is -2.37. The van der Waals surface area contributed by atoms with Crippen LogP contribution in [0.15, 0.2) is 24.3 Å². The van der Waals surface area contributed by atoms with Crippen LogP contribution in [-0.4, -0.2) is 39.9 Å². The van der Waals surface area contributed by atoms with Crippen LogP contribution >= 0.6 is 0 Å². The number of likely N-dealkylation sites (tertiary alicyclic amines) is 1. The van der Waals surface area contributed by atoms with Gasteiger partial charge in [0.1, 0.15) is 5.82 Å². The summed E-state index contributed by atoms with van der Waals surface area (Å²) in [5.74, 6) is 1.61. The summed E-state index contributed by atoms with van der Waals surface area (Å²) in [7, 11) is 0. The van der Waals surface area contributed by atoms with Crippen LogP contribution < -0.4 is 11.1 Å². The van der Waals surface area contributed by atoms with E-state index in [1.807, 2.05) is 29.2 Å². The summed E-state index contributed by atoms with van der Waals surface area (Å²) >= 11 is 0. The number of benzene rings is 1. The number of aromatic nitrogens is 2. The van der Waals surface area contributed by atoms with E-state index in [0.717, 1.165) is 43.3 Å². The van der Waals surface area contributed by atoms with Gasteiger partial charge < -0.3 is 16.0 Å². The highest BCUT2D eigenvalue weighted by Gasteiger charge is 2.32. The van der Waals surface area contributed by atoms with Crippen molar-refractivity contribution in [1.82, 2.24) is 14.9 Å². The van der Waals surface area contributed by atoms with Gasteiger partial charge in [0.15, 0.2) is 0 Å². The molecule has 24 heavy (non-hydrogen) atoms. The zero-order chi connectivity index (χ0) is 16.5. The number of para-hydroxylation sites is 1. The van der Waals surface area contributed by atoms with Gasteiger partial charge in [-0.2, -0.15) is 4.98 Å². The fraction of sp³-hybridized carbons (Fsp3) is 0.500. The lowest BCUT2D eigenvalue weighted by Crippen LogP contribution is -2.35. The summed E-state index contributed by atoms with van der Waals surface area (Å²) in [5.41, 5.74) is 6.87. The van der Waals surface area contributed by atoms with Crippen molar-refractivity contribution in [2.45, 2.75) is 38.1 Å². The molecular formula is C18H23N5O. The molecule has 3 N–H and O–H groups in total. The number of carbonyl (C=O) groups excluding carboxylic acids is 1. The SMILES string of the molecule is Nc1nc(N[C@H]2CCN(C(=O)C3CCCC3)C2)nc2ccccc12. The summed E-state index contributed by atoms with van der Waals surface area (Å²) < 4.78 is 0. The molecule has 2 aliphatic rings. The topological polar surface area (TPSA) is 84.1 Å². The molecule has 2 aromatic rings. The molecule has 1 amide bonds. The Balaban J connectivity index is 1.44. The Kier molecular flexibility index (Phi) is 3.96. The van der Waals surface area contributed by atoms with Crippen LogP contribution in [0.5, 0.6) is 0 Å². The molecule has 1 aromatic heterocycles. The molecule has 126 valence electrons. The van der Waals surface area contributed by atoms with Crippen LogP contribution in [-0.2, 0) is 4.79 Å². The first-order chi connectivity index (χ1) is 11.7. The number of rotatable bonds is 3. The van der Waals surface area contributed by atoms with Gasteiger partial charge in [0.05, 0.1) is 5.52 Å². The number of carbonyl (C=O) groups is 1. The largest absolute Gasteiger partial charge is 0.383 e. The van der Waals surface area contributed by atoms with Gasteiger partial charge in [0.2, 0.25) is 11.9 Å². The van der Waals surface area contributed by atoms with E-state index in [4.69, 9.17) is 5.73 Å². The normalized spacial score (nSPS) is 21.5. The zero-order valence-corrected chi connectivity index (χ0v) is 13.7. The van der Waals surface area contributed by atoms with Crippen molar-refractivity contribution >= 4 is 28.6 Å². The van der Waals surface area contributed by atoms with E-state index in [-0.39, 0.29) is 12.0 Å². The first kappa shape index (κ1) is 15.2. The lowest BCUT2D eigenvalue weighted by atomic mass is 10.1. The quantitative estimate of drug-likeness (QED) is 0.905. The van der Waals surface area contributed by atoms with Gasteiger partial charge >= 0.3 is 0 Å². The molecule has 1 saturated carbocycles. The predicted molar refractivity (Wildman–Crippen MR) is 94.5 cm³/mol. The van der Waals surface area contributed by atoms with Crippen LogP contribution in [0.4, 0.5) is 11.8 Å². The molecule has 0 unspecified atom stereocenters. The highest BCUT2D eigenvalue weighted by atomic mass is 16.2. The smallest absolute Gasteiger partial charge is 0.225 e. The average molecular weight is 325 g/mol. The third-order valence-corrected chi connectivity index (χ3v) is 5.17. The number of nitrogens with two attached hydrogens (primary N) is 1. The van der Waals surface area contributed by atoms with Gasteiger partial charge in [0.25, 0.3) is 0 Å². The second-order valence-electron chi connectivity index (χ2n) is 6.85. The van der Waals surface area contributed by atoms with Crippen molar-refractivity contribution in [3.8, 4) is 0 Å². The van der Waals surface area contributed by atoms with Gasteiger partial charge in [-0.05, 0) is 31.4 Å². The van der Waals surface area contributed by atoms with Gasteiger partial charge in [-0.3, -0.25) is 4.79 Å². The number of nitrogens with one attached hydrogen (secondary N) is 1. The van der Waals surface area contributed by atoms with Crippen molar-refractivity contribution < 1.29 is 4.79 Å². The van der Waals surface area contributed by atoms with E-state index in [2.05, 4.69) is 15.3 Å². The minimum Gasteiger partial charge on any atom is -0.383 e. The van der Waals surface area contributed by atoms with E-state index >= 15 is 0 Å². The molecular weight excluding hydrogens is 302 g/mol. The number of anilines is 2. The summed E-state index contributed by atoms with van der Waals surface area (Å²) in [4.78, 5) is 23.4. The van der Waals surface area contributed by atoms with Crippen molar-refractivity contribution in [3.63, 3.8) is 0 Å². The number of amides is 1. The van der Waals surface area contributed by atoms with E-state index in [9.17, 15) is 4.79 Å². The zero-order valence-electron chi connectivity index (χ0n) is 13.7. The Morgan fingerprint density at radius 3 is 2.79 bits per heavy atom. The van der Waals surface area contributed by atoms with Crippen molar-refractivity contribution in [2.75, 3.05) is 24.1 Å². The molecule has 1 aliphatic heterocycles. The molecule has 0 radical (unpaired) electrons. The van der Waals surface area contributed by atoms with Crippen molar-refractivity contribution in [1.29, 1.82) is 0 Å². The number of nitrogens with zero attached hydrogens (tertiary/aromatic N) is 3. The highest BCUT2D eigenvalue weighted by molar-refractivity contribution is 5.88. The predicted octanol–water partition coefficient (Wildman–Crippen LogP) is 2.42. The van der Waals surface area contributed by atoms with Gasteiger partial charge in [-0.25, -0.2) is 4.98 Å². The van der Waals surface area contributed by atoms with Crippen LogP contribution in [0.2, 0.25) is 0 Å². The van der Waals surface area contributed by atoms with Crippen LogP contribution in [0.1, 0.15) is 32.1 Å². The van der Waals surface area contributed by atoms with Crippen LogP contribution in [0.25, 0.3) is 10.9 Å². The Morgan fingerprint density at radius 2 is 1.96 bits per heavy atom. The number of hydrogen-bond donors (Lipinski definition) is 2. The van der Waals surface area contributed by atoms with Gasteiger partial charge in [0, 0.05) is 30.4 Å². The molecule has 1 atom stereocenters. The minimum atomic E-state index is 0.191. The molecule has 1 saturated heterocycles. The molecule has 1 aliphatic carbocycles. The minimum absolute atomic E-state index is 0.191. The molecule has 1 aromatic carbocycles. The Labute approximate surface area is 141 Å². The number of fused-ring (bicyclic) bond motifs is 1. The maximum atomic E-state index is 12.5. The highest BCUT2D eigenvalue weighted by Crippen LogP contribution is 2.28. The molecule has 0 spiro atoms. The second-order valence-corrected chi connectivity index (χ2v) is 6.85. The first-order valence-electron chi connectivity index (χ1n) is 8.78. The summed E-state index contributed by atoms with van der Waals surface area (Å²) in [5, 5.41) is 4.22. The molecule has 2 fully saturated rings. The lowest BCUT2D eigenvalue weighted by Gasteiger charge is -2.20. The van der Waals surface area contributed by atoms with Crippen molar-refractivity contribution in [2.24, 2.45) is 5.92 Å². The van der Waals surface area contributed by atoms with E-state index in [1.165, 1.54) is 12.8 Å². The lowest BCUT2D eigenvalue weighted by molar-refractivity contribution is -0.134. The van der Waals surface area contributed by atoms with Crippen molar-refractivity contribution in [3.05, 3.63) is 24.3 Å². The summed E-state index contributed by atoms with van der Waals surface area (Å²) in [6, 6.07) is 7.92. The fourth-order valence-electron chi connectivity index (χ4n) is 3.86. The first-order valence-corrected chi connectivity index (χ1v) is 8.78. The summed E-state index contributed by atoms with van der Waals surface area (Å²) in [6.45, 7) is 1.54. The average Bonchev–Trinajstić information content (AvgIpc) is 3.26. The van der Waals surface area contributed by atoms with Gasteiger partial charge in [-0.1, -0.05) is 25.0 Å². The third kappa shape index (κ3) is 2.88. The second kappa shape index (κ2) is 6.26. The number of hydrogen-bond acceptors (Lipinski definition) is 5. The van der Waals surface area contributed by atoms with E-state index in [0.29, 0.717) is 17.7 Å². The molecule has 2 heterocycles. The Morgan fingerprint density at radius 1 is 1.17 bits per heavy atom. The van der Waals surface area contributed by atoms with E-state index in [1.54, 1.807) is 0 Å². The standard InChI is InChI=1S/C18H23N5O/c19-16-14-7-3-4-8-15(14)21-18(22-16)20-13-9-10-23(11-13)17(24)12-5-1-2-6-12/h3-4,7-8,12-13H,1-2,5-6,9-11H2,(H3,19,20,21,22)/t13-/m0/s1. The number of nitrogen functional groups attached to an aromatic ring is 1. The molecule has 6 heteroatoms. The molecule has 4 rings (SSSR count). The monoisotopic (exact) mass is 325 g/mol. The van der Waals surface area contributed by atoms with Gasteiger partial charge in [-0.15, -0.1) is 0 Å². The third-order valence-electron chi connectivity index (χ3n) is 5.17. The maximum Gasteiger partial charge on any atom is 0.225 e. The fourth-order valence-corrected chi connectivity index (χ4v) is 3.86. The van der Waals surface area contributed by atoms with Crippen LogP contribution in [0, 0.1) is 5.92 Å². The molecule has 6 nitrogen and oxygen atoms in total. The summed E-state index contributed by atoms with van der Waals surface area (Å²) in [6.07, 6.45) is 5.41. The Bertz CT molecular complexity index is 756. The maximum absolute atomic E-state index is 12.5. The van der Waals surface area contributed by atoms with Crippen LogP contribution in [0.3, 0.4) is 0 Å². The molecule has 0 bridgehead atoms.